The van der Waals surface area contributed by atoms with Crippen LogP contribution in [-0.4, -0.2) is 34.0 Å². The third-order valence-corrected chi connectivity index (χ3v) is 3.20. The molecule has 1 aromatic rings. The van der Waals surface area contributed by atoms with Crippen molar-refractivity contribution >= 4 is 5.69 Å². The van der Waals surface area contributed by atoms with Crippen molar-refractivity contribution in [3.63, 3.8) is 0 Å². The van der Waals surface area contributed by atoms with Crippen molar-refractivity contribution in [3.8, 4) is 11.5 Å². The first-order chi connectivity index (χ1) is 8.81. The first-order valence-electron chi connectivity index (χ1n) is 6.36. The molecule has 1 heterocycles. The Balaban J connectivity index is 1.94. The van der Waals surface area contributed by atoms with Crippen molar-refractivity contribution in [1.82, 2.24) is 0 Å². The first kappa shape index (κ1) is 13.0. The third kappa shape index (κ3) is 3.53. The lowest BCUT2D eigenvalue weighted by molar-refractivity contribution is 0.0595. The maximum absolute atomic E-state index is 5.47. The number of anilines is 1. The van der Waals surface area contributed by atoms with Crippen molar-refractivity contribution < 1.29 is 14.2 Å². The molecule has 1 N–H and O–H groups in total. The highest BCUT2D eigenvalue weighted by molar-refractivity contribution is 5.53. The van der Waals surface area contributed by atoms with Gasteiger partial charge in [0, 0.05) is 37.0 Å². The molecule has 18 heavy (non-hydrogen) atoms. The number of methoxy groups -OCH3 is 2. The number of hydrogen-bond acceptors (Lipinski definition) is 4. The van der Waals surface area contributed by atoms with Gasteiger partial charge in [0.25, 0.3) is 0 Å². The van der Waals surface area contributed by atoms with Gasteiger partial charge in [0.1, 0.15) is 11.5 Å². The number of nitrogens with one attached hydrogen (secondary N) is 1. The highest BCUT2D eigenvalue weighted by Crippen LogP contribution is 2.26. The van der Waals surface area contributed by atoms with Gasteiger partial charge in [-0.15, -0.1) is 0 Å². The van der Waals surface area contributed by atoms with Crippen molar-refractivity contribution in [2.24, 2.45) is 5.92 Å². The molecule has 100 valence electrons. The monoisotopic (exact) mass is 251 g/mol. The summed E-state index contributed by atoms with van der Waals surface area (Å²) in [5.74, 6) is 2.20. The van der Waals surface area contributed by atoms with E-state index in [0.717, 1.165) is 43.4 Å². The fourth-order valence-electron chi connectivity index (χ4n) is 2.14. The second-order valence-corrected chi connectivity index (χ2v) is 4.57. The Bertz CT molecular complexity index is 353. The van der Waals surface area contributed by atoms with Crippen molar-refractivity contribution in [2.45, 2.75) is 12.8 Å². The van der Waals surface area contributed by atoms with Crippen LogP contribution < -0.4 is 14.8 Å². The molecular weight excluding hydrogens is 230 g/mol. The highest BCUT2D eigenvalue weighted by Gasteiger charge is 2.13. The average Bonchev–Trinajstić information content (AvgIpc) is 2.45. The standard InChI is InChI=1S/C14H21NO3/c1-16-13-6-12(7-14(8-13)17-2)15-9-11-4-3-5-18-10-11/h6-8,11,15H,3-5,9-10H2,1-2H3. The van der Waals surface area contributed by atoms with E-state index in [4.69, 9.17) is 14.2 Å². The molecule has 4 nitrogen and oxygen atoms in total. The van der Waals surface area contributed by atoms with Gasteiger partial charge >= 0.3 is 0 Å². The Morgan fingerprint density at radius 2 is 1.94 bits per heavy atom. The van der Waals surface area contributed by atoms with Gasteiger partial charge in [-0.1, -0.05) is 0 Å². The van der Waals surface area contributed by atoms with Crippen LogP contribution >= 0.6 is 0 Å². The van der Waals surface area contributed by atoms with Gasteiger partial charge in [0.2, 0.25) is 0 Å². The fourth-order valence-corrected chi connectivity index (χ4v) is 2.14. The van der Waals surface area contributed by atoms with Crippen molar-refractivity contribution in [1.29, 1.82) is 0 Å². The minimum Gasteiger partial charge on any atom is -0.497 e. The minimum atomic E-state index is 0.593. The summed E-state index contributed by atoms with van der Waals surface area (Å²) in [5, 5.41) is 3.42. The van der Waals surface area contributed by atoms with Crippen LogP contribution in [0.1, 0.15) is 12.8 Å². The molecule has 1 fully saturated rings. The summed E-state index contributed by atoms with van der Waals surface area (Å²) in [7, 11) is 3.32. The number of benzene rings is 1. The van der Waals surface area contributed by atoms with Crippen LogP contribution in [0, 0.1) is 5.92 Å². The molecule has 0 bridgehead atoms. The summed E-state index contributed by atoms with van der Waals surface area (Å²) < 4.78 is 16.0. The van der Waals surface area contributed by atoms with E-state index in [2.05, 4.69) is 5.32 Å². The largest absolute Gasteiger partial charge is 0.497 e. The molecule has 0 saturated carbocycles. The Morgan fingerprint density at radius 3 is 2.50 bits per heavy atom. The molecule has 1 aliphatic heterocycles. The maximum atomic E-state index is 5.47. The number of ether oxygens (including phenoxy) is 3. The molecule has 2 rings (SSSR count). The van der Waals surface area contributed by atoms with Gasteiger partial charge in [-0.2, -0.15) is 0 Å². The van der Waals surface area contributed by atoms with Crippen LogP contribution in [0.4, 0.5) is 5.69 Å². The lowest BCUT2D eigenvalue weighted by Gasteiger charge is -2.22. The van der Waals surface area contributed by atoms with E-state index >= 15 is 0 Å². The van der Waals surface area contributed by atoms with E-state index in [9.17, 15) is 0 Å². The van der Waals surface area contributed by atoms with E-state index < -0.39 is 0 Å². The number of rotatable bonds is 5. The van der Waals surface area contributed by atoms with Gasteiger partial charge in [-0.3, -0.25) is 0 Å². The van der Waals surface area contributed by atoms with Gasteiger partial charge in [0.15, 0.2) is 0 Å². The van der Waals surface area contributed by atoms with E-state index in [1.807, 2.05) is 18.2 Å². The average molecular weight is 251 g/mol. The van der Waals surface area contributed by atoms with Crippen LogP contribution in [0.2, 0.25) is 0 Å². The predicted octanol–water partition coefficient (Wildman–Crippen LogP) is 2.54. The quantitative estimate of drug-likeness (QED) is 0.873. The zero-order valence-corrected chi connectivity index (χ0v) is 11.1. The normalized spacial score (nSPS) is 19.3. The molecule has 0 amide bonds. The van der Waals surface area contributed by atoms with Crippen molar-refractivity contribution in [3.05, 3.63) is 18.2 Å². The van der Waals surface area contributed by atoms with Crippen LogP contribution in [0.15, 0.2) is 18.2 Å². The molecule has 1 aliphatic rings. The molecule has 1 aromatic carbocycles. The summed E-state index contributed by atoms with van der Waals surface area (Å²) in [6.45, 7) is 2.69. The molecule has 0 aliphatic carbocycles. The van der Waals surface area contributed by atoms with Crippen LogP contribution in [0.5, 0.6) is 11.5 Å². The summed E-state index contributed by atoms with van der Waals surface area (Å²) in [4.78, 5) is 0. The predicted molar refractivity (Wildman–Crippen MR) is 71.6 cm³/mol. The summed E-state index contributed by atoms with van der Waals surface area (Å²) >= 11 is 0. The van der Waals surface area contributed by atoms with E-state index in [1.54, 1.807) is 14.2 Å². The summed E-state index contributed by atoms with van der Waals surface area (Å²) in [5.41, 5.74) is 1.02. The zero-order chi connectivity index (χ0) is 12.8. The molecule has 0 aromatic heterocycles. The molecular formula is C14H21NO3. The second kappa shape index (κ2) is 6.50. The zero-order valence-electron chi connectivity index (χ0n) is 11.1. The molecule has 0 radical (unpaired) electrons. The van der Waals surface area contributed by atoms with Gasteiger partial charge in [-0.05, 0) is 18.8 Å². The smallest absolute Gasteiger partial charge is 0.124 e. The van der Waals surface area contributed by atoms with E-state index in [0.29, 0.717) is 5.92 Å². The van der Waals surface area contributed by atoms with Gasteiger partial charge in [0.05, 0.1) is 20.8 Å². The Hall–Kier alpha value is -1.42. The van der Waals surface area contributed by atoms with Gasteiger partial charge < -0.3 is 19.5 Å². The molecule has 4 heteroatoms. The Labute approximate surface area is 108 Å². The SMILES string of the molecule is COc1cc(NCC2CCCOC2)cc(OC)c1. The maximum Gasteiger partial charge on any atom is 0.124 e. The van der Waals surface area contributed by atoms with Gasteiger partial charge in [-0.25, -0.2) is 0 Å². The Kier molecular flexibility index (Phi) is 4.70. The Morgan fingerprint density at radius 1 is 1.22 bits per heavy atom. The highest BCUT2D eigenvalue weighted by atomic mass is 16.5. The molecule has 1 atom stereocenters. The topological polar surface area (TPSA) is 39.7 Å². The van der Waals surface area contributed by atoms with Crippen LogP contribution in [0.3, 0.4) is 0 Å². The van der Waals surface area contributed by atoms with Crippen molar-refractivity contribution in [2.75, 3.05) is 39.3 Å². The minimum absolute atomic E-state index is 0.593. The third-order valence-electron chi connectivity index (χ3n) is 3.20. The summed E-state index contributed by atoms with van der Waals surface area (Å²) in [6, 6.07) is 5.83. The first-order valence-corrected chi connectivity index (χ1v) is 6.36. The molecule has 1 unspecified atom stereocenters. The lowest BCUT2D eigenvalue weighted by Crippen LogP contribution is -2.24. The fraction of sp³-hybridized carbons (Fsp3) is 0.571. The molecule has 1 saturated heterocycles. The lowest BCUT2D eigenvalue weighted by atomic mass is 10.0. The molecule has 0 spiro atoms. The van der Waals surface area contributed by atoms with Crippen LogP contribution in [-0.2, 0) is 4.74 Å². The van der Waals surface area contributed by atoms with Crippen LogP contribution in [0.25, 0.3) is 0 Å². The second-order valence-electron chi connectivity index (χ2n) is 4.57. The van der Waals surface area contributed by atoms with E-state index in [-0.39, 0.29) is 0 Å². The van der Waals surface area contributed by atoms with E-state index in [1.165, 1.54) is 6.42 Å². The number of hydrogen-bond donors (Lipinski definition) is 1. The summed E-state index contributed by atoms with van der Waals surface area (Å²) in [6.07, 6.45) is 2.39.